The van der Waals surface area contributed by atoms with E-state index in [1.807, 2.05) is 6.92 Å². The fourth-order valence-electron chi connectivity index (χ4n) is 6.71. The lowest BCUT2D eigenvalue weighted by Crippen LogP contribution is -2.62. The summed E-state index contributed by atoms with van der Waals surface area (Å²) in [6, 6.07) is 0. The van der Waals surface area contributed by atoms with Gasteiger partial charge in [-0.2, -0.15) is 0 Å². The van der Waals surface area contributed by atoms with Gasteiger partial charge in [-0.15, -0.1) is 0 Å². The molecule has 146 valence electrons. The van der Waals surface area contributed by atoms with Gasteiger partial charge in [0, 0.05) is 21.8 Å². The minimum Gasteiger partial charge on any atom is -0.393 e. The fourth-order valence-corrected chi connectivity index (χ4v) is 6.71. The van der Waals surface area contributed by atoms with E-state index in [4.69, 9.17) is 5.48 Å². The Labute approximate surface area is 162 Å². The molecule has 0 heterocycles. The Morgan fingerprint density at radius 1 is 1.31 bits per heavy atom. The van der Waals surface area contributed by atoms with E-state index in [2.05, 4.69) is 0 Å². The van der Waals surface area contributed by atoms with Gasteiger partial charge in [-0.3, -0.25) is 9.59 Å². The summed E-state index contributed by atoms with van der Waals surface area (Å²) >= 11 is 0. The maximum Gasteiger partial charge on any atom is 0.190 e. The highest BCUT2D eigenvalue weighted by molar-refractivity contribution is 5.92. The Hall–Kier alpha value is -0.780. The van der Waals surface area contributed by atoms with Crippen LogP contribution in [0.15, 0.2) is 0 Å². The van der Waals surface area contributed by atoms with Gasteiger partial charge in [0.1, 0.15) is 17.9 Å². The molecule has 0 aromatic rings. The van der Waals surface area contributed by atoms with Crippen molar-refractivity contribution in [1.82, 2.24) is 0 Å². The largest absolute Gasteiger partial charge is 0.393 e. The molecule has 4 aliphatic rings. The van der Waals surface area contributed by atoms with Gasteiger partial charge in [0.05, 0.1) is 8.85 Å². The van der Waals surface area contributed by atoms with Crippen LogP contribution in [-0.2, 0) is 9.59 Å². The predicted molar refractivity (Wildman–Crippen MR) is 95.2 cm³/mol. The number of carbonyl (C=O) groups excluding carboxylic acids is 2. The van der Waals surface area contributed by atoms with Crippen molar-refractivity contribution in [3.8, 4) is 0 Å². The second kappa shape index (κ2) is 5.86. The van der Waals surface area contributed by atoms with Crippen LogP contribution in [0.5, 0.6) is 0 Å². The molecule has 0 bridgehead atoms. The average molecular weight is 370 g/mol. The van der Waals surface area contributed by atoms with Crippen molar-refractivity contribution in [3.63, 3.8) is 0 Å². The van der Waals surface area contributed by atoms with Crippen LogP contribution >= 0.6 is 0 Å². The summed E-state index contributed by atoms with van der Waals surface area (Å²) in [7, 11) is 0. The molecule has 0 aromatic carbocycles. The highest BCUT2D eigenvalue weighted by Crippen LogP contribution is 2.67. The maximum atomic E-state index is 13.8. The Kier molecular flexibility index (Phi) is 3.02. The van der Waals surface area contributed by atoms with Crippen molar-refractivity contribution >= 4 is 11.6 Å². The van der Waals surface area contributed by atoms with Crippen molar-refractivity contribution in [2.75, 3.05) is 6.56 Å². The van der Waals surface area contributed by atoms with Crippen molar-refractivity contribution in [1.29, 1.82) is 0 Å². The van der Waals surface area contributed by atoms with E-state index in [0.29, 0.717) is 32.1 Å². The van der Waals surface area contributed by atoms with Crippen LogP contribution in [0.1, 0.15) is 72.0 Å². The van der Waals surface area contributed by atoms with Crippen LogP contribution in [-0.4, -0.2) is 45.2 Å². The Bertz CT molecular complexity index is 829. The first kappa shape index (κ1) is 13.4. The zero-order valence-corrected chi connectivity index (χ0v) is 15.4. The van der Waals surface area contributed by atoms with Crippen molar-refractivity contribution < 1.29 is 31.8 Å². The molecule has 4 aliphatic carbocycles. The van der Waals surface area contributed by atoms with Crippen LogP contribution in [0.25, 0.3) is 0 Å². The molecule has 26 heavy (non-hydrogen) atoms. The third-order valence-electron chi connectivity index (χ3n) is 8.27. The first-order chi connectivity index (χ1) is 14.0. The zero-order chi connectivity index (χ0) is 23.4. The molecular formula is C21H32O5. The lowest BCUT2D eigenvalue weighted by Gasteiger charge is -2.60. The SMILES string of the molecule is [2H]C([2H])(O)C(=O)[C@]1(O)CC[C@@H]2[C@H]3CC[C@H]4C[C@@H](O)CC[C@@]4(C)[C@]3([2H])C(=O)C([2H])([2H])[C@]21C. The van der Waals surface area contributed by atoms with Crippen LogP contribution in [0.2, 0.25) is 0 Å². The van der Waals surface area contributed by atoms with Crippen molar-refractivity contribution in [3.05, 3.63) is 0 Å². The Balaban J connectivity index is 1.87. The van der Waals surface area contributed by atoms with E-state index in [9.17, 15) is 26.3 Å². The lowest BCUT2D eigenvalue weighted by molar-refractivity contribution is -0.180. The van der Waals surface area contributed by atoms with Gasteiger partial charge in [-0.1, -0.05) is 13.8 Å². The van der Waals surface area contributed by atoms with Crippen LogP contribution in [0.4, 0.5) is 0 Å². The second-order valence-electron chi connectivity index (χ2n) is 9.24. The molecule has 4 saturated carbocycles. The van der Waals surface area contributed by atoms with Gasteiger partial charge < -0.3 is 15.3 Å². The summed E-state index contributed by atoms with van der Waals surface area (Å²) in [5.41, 5.74) is -5.36. The maximum absolute atomic E-state index is 13.8. The van der Waals surface area contributed by atoms with E-state index >= 15 is 0 Å². The lowest BCUT2D eigenvalue weighted by atomic mass is 9.44. The van der Waals surface area contributed by atoms with E-state index in [-0.39, 0.29) is 18.8 Å². The molecule has 5 heteroatoms. The fraction of sp³-hybridized carbons (Fsp3) is 0.905. The number of hydrogen-bond donors (Lipinski definition) is 3. The second-order valence-corrected chi connectivity index (χ2v) is 9.24. The van der Waals surface area contributed by atoms with E-state index < -0.39 is 64.8 Å². The minimum absolute atomic E-state index is 0.0948. The number of Topliss-reactive ketones (excluding diaryl/α,β-unsaturated/α-hetero) is 2. The predicted octanol–water partition coefficient (Wildman–Crippen LogP) is 1.86. The summed E-state index contributed by atoms with van der Waals surface area (Å²) < 4.78 is 42.0. The summed E-state index contributed by atoms with van der Waals surface area (Å²) in [5, 5.41) is 31.2. The quantitative estimate of drug-likeness (QED) is 0.691. The van der Waals surface area contributed by atoms with Gasteiger partial charge in [0.25, 0.3) is 0 Å². The summed E-state index contributed by atoms with van der Waals surface area (Å²) in [5.74, 6) is -5.66. The standard InChI is InChI=1S/C21H32O5/c1-19-7-5-13(23)9-12(19)3-4-14-15-6-8-21(26,17(25)11-22)20(15,2)10-16(24)18(14)19/h12-15,18,22-23,26H,3-11H2,1-2H3/t12-,13-,14+,15+,18-,19+,20+,21+/m0/s1/i10D2,11D2,18D. The smallest absolute Gasteiger partial charge is 0.190 e. The molecule has 4 rings (SSSR count). The third-order valence-corrected chi connectivity index (χ3v) is 8.27. The number of hydrogen-bond acceptors (Lipinski definition) is 5. The molecule has 5 nitrogen and oxygen atoms in total. The molecule has 0 saturated heterocycles. The number of carbonyl (C=O) groups is 2. The van der Waals surface area contributed by atoms with Crippen molar-refractivity contribution in [2.45, 2.75) is 76.9 Å². The highest BCUT2D eigenvalue weighted by Gasteiger charge is 2.68. The van der Waals surface area contributed by atoms with Crippen LogP contribution in [0.3, 0.4) is 0 Å². The summed E-state index contributed by atoms with van der Waals surface area (Å²) in [4.78, 5) is 26.6. The zero-order valence-electron chi connectivity index (χ0n) is 20.4. The molecule has 4 fully saturated rings. The first-order valence-electron chi connectivity index (χ1n) is 12.2. The molecule has 0 aromatic heterocycles. The monoisotopic (exact) mass is 369 g/mol. The summed E-state index contributed by atoms with van der Waals surface area (Å²) in [6.07, 6.45) is -0.957. The molecular weight excluding hydrogens is 332 g/mol. The molecule has 3 N–H and O–H groups in total. The Morgan fingerprint density at radius 3 is 2.73 bits per heavy atom. The number of ketones is 2. The van der Waals surface area contributed by atoms with Gasteiger partial charge in [-0.05, 0) is 68.1 Å². The van der Waals surface area contributed by atoms with Crippen molar-refractivity contribution in [2.24, 2.45) is 34.5 Å². The number of aliphatic hydroxyl groups is 3. The van der Waals surface area contributed by atoms with Crippen LogP contribution < -0.4 is 0 Å². The number of aliphatic hydroxyl groups excluding tert-OH is 1. The average Bonchev–Trinajstić information content (AvgIpc) is 2.95. The topological polar surface area (TPSA) is 94.8 Å². The minimum atomic E-state index is -3.37. The van der Waals surface area contributed by atoms with E-state index in [0.717, 1.165) is 0 Å². The molecule has 0 amide bonds. The number of fused-ring (bicyclic) bond motifs is 5. The Morgan fingerprint density at radius 2 is 2.04 bits per heavy atom. The molecule has 8 atom stereocenters. The summed E-state index contributed by atoms with van der Waals surface area (Å²) in [6.45, 7) is -0.215. The van der Waals surface area contributed by atoms with Gasteiger partial charge in [0.15, 0.2) is 5.78 Å². The van der Waals surface area contributed by atoms with Gasteiger partial charge >= 0.3 is 0 Å². The molecule has 0 aliphatic heterocycles. The first-order valence-corrected chi connectivity index (χ1v) is 9.72. The highest BCUT2D eigenvalue weighted by atomic mass is 16.3. The van der Waals surface area contributed by atoms with Crippen LogP contribution in [0, 0.1) is 34.5 Å². The van der Waals surface area contributed by atoms with E-state index in [1.165, 1.54) is 6.92 Å². The van der Waals surface area contributed by atoms with Gasteiger partial charge in [-0.25, -0.2) is 0 Å². The normalized spacial score (nSPS) is 61.7. The van der Waals surface area contributed by atoms with E-state index in [1.54, 1.807) is 0 Å². The molecule has 0 unspecified atom stereocenters. The third kappa shape index (κ3) is 2.20. The number of rotatable bonds is 2. The molecule has 0 radical (unpaired) electrons. The molecule has 0 spiro atoms. The van der Waals surface area contributed by atoms with Gasteiger partial charge in [0.2, 0.25) is 0 Å².